The van der Waals surface area contributed by atoms with Crippen LogP contribution in [0.15, 0.2) is 47.6 Å². The van der Waals surface area contributed by atoms with Gasteiger partial charge in [-0.15, -0.1) is 0 Å². The number of benzene rings is 2. The van der Waals surface area contributed by atoms with Gasteiger partial charge in [0.05, 0.1) is 23.0 Å². The van der Waals surface area contributed by atoms with Gasteiger partial charge in [0.2, 0.25) is 5.78 Å². The number of sulfonamides is 1. The molecule has 0 aliphatic rings. The summed E-state index contributed by atoms with van der Waals surface area (Å²) >= 11 is 0. The Kier molecular flexibility index (Phi) is 5.40. The quantitative estimate of drug-likeness (QED) is 0.322. The van der Waals surface area contributed by atoms with E-state index in [1.165, 1.54) is 6.92 Å². The number of rotatable bonds is 5. The van der Waals surface area contributed by atoms with Crippen LogP contribution in [0.5, 0.6) is 0 Å². The van der Waals surface area contributed by atoms with E-state index in [2.05, 4.69) is 9.97 Å². The predicted octanol–water partition coefficient (Wildman–Crippen LogP) is 4.60. The minimum absolute atomic E-state index is 0.00357. The molecule has 170 valence electrons. The predicted molar refractivity (Wildman–Crippen MR) is 108 cm³/mol. The van der Waals surface area contributed by atoms with E-state index in [1.807, 2.05) is 0 Å². The van der Waals surface area contributed by atoms with E-state index < -0.39 is 61.0 Å². The third-order valence-electron chi connectivity index (χ3n) is 4.89. The Hall–Kier alpha value is -3.80. The number of ketones is 1. The maximum atomic E-state index is 15.1. The minimum atomic E-state index is -4.85. The zero-order chi connectivity index (χ0) is 24.1. The van der Waals surface area contributed by atoms with Crippen LogP contribution in [0.4, 0.5) is 27.6 Å². The van der Waals surface area contributed by atoms with Crippen molar-refractivity contribution in [1.29, 1.82) is 0 Å². The van der Waals surface area contributed by atoms with Gasteiger partial charge in [0, 0.05) is 11.6 Å². The molecule has 12 heteroatoms. The first-order valence-corrected chi connectivity index (χ1v) is 10.6. The molecule has 2 heterocycles. The number of hydrogen-bond acceptors (Lipinski definition) is 4. The standard InChI is InChI=1S/C21H12F5N3O3S/c1-9-14(25)8-28-21-17(9)11(7-27-21)20(30)18-13(24)4-5-15(19(18)26)29-33(31,32)16-6-10(22)2-3-12(16)23/h2-8,29H,1H3,(H,27,28). The molecule has 0 bridgehead atoms. The summed E-state index contributed by atoms with van der Waals surface area (Å²) in [6.45, 7) is 1.34. The molecule has 0 fully saturated rings. The van der Waals surface area contributed by atoms with Crippen molar-refractivity contribution >= 4 is 32.5 Å². The van der Waals surface area contributed by atoms with E-state index >= 15 is 4.39 Å². The molecule has 0 radical (unpaired) electrons. The molecule has 4 rings (SSSR count). The number of aromatic amines is 1. The lowest BCUT2D eigenvalue weighted by Gasteiger charge is -2.12. The highest BCUT2D eigenvalue weighted by Crippen LogP contribution is 2.30. The van der Waals surface area contributed by atoms with E-state index in [0.717, 1.165) is 12.4 Å². The number of halogens is 5. The Morgan fingerprint density at radius 3 is 2.42 bits per heavy atom. The largest absolute Gasteiger partial charge is 0.345 e. The number of pyridine rings is 1. The zero-order valence-corrected chi connectivity index (χ0v) is 17.3. The van der Waals surface area contributed by atoms with Crippen molar-refractivity contribution in [1.82, 2.24) is 9.97 Å². The van der Waals surface area contributed by atoms with Crippen LogP contribution in [0.3, 0.4) is 0 Å². The van der Waals surface area contributed by atoms with E-state index in [-0.39, 0.29) is 22.2 Å². The molecule has 0 atom stereocenters. The molecule has 33 heavy (non-hydrogen) atoms. The third-order valence-corrected chi connectivity index (χ3v) is 6.27. The van der Waals surface area contributed by atoms with E-state index in [4.69, 9.17) is 0 Å². The summed E-state index contributed by atoms with van der Waals surface area (Å²) < 4.78 is 97.5. The molecule has 0 unspecified atom stereocenters. The van der Waals surface area contributed by atoms with Gasteiger partial charge in [0.1, 0.15) is 33.8 Å². The Bertz CT molecular complexity index is 1550. The highest BCUT2D eigenvalue weighted by atomic mass is 32.2. The first-order chi connectivity index (χ1) is 15.5. The number of H-pyrrole nitrogens is 1. The number of anilines is 1. The third kappa shape index (κ3) is 3.82. The maximum Gasteiger partial charge on any atom is 0.265 e. The van der Waals surface area contributed by atoms with E-state index in [9.17, 15) is 30.8 Å². The van der Waals surface area contributed by atoms with E-state index in [1.54, 1.807) is 4.72 Å². The van der Waals surface area contributed by atoms with Crippen molar-refractivity contribution in [3.63, 3.8) is 0 Å². The second kappa shape index (κ2) is 7.96. The van der Waals surface area contributed by atoms with Gasteiger partial charge in [0.25, 0.3) is 10.0 Å². The van der Waals surface area contributed by atoms with Gasteiger partial charge >= 0.3 is 0 Å². The highest BCUT2D eigenvalue weighted by molar-refractivity contribution is 7.92. The van der Waals surface area contributed by atoms with Crippen LogP contribution in [0.1, 0.15) is 21.5 Å². The van der Waals surface area contributed by atoms with Gasteiger partial charge in [-0.05, 0) is 42.8 Å². The smallest absolute Gasteiger partial charge is 0.265 e. The number of aryl methyl sites for hydroxylation is 1. The number of carbonyl (C=O) groups excluding carboxylic acids is 1. The number of fused-ring (bicyclic) bond motifs is 1. The lowest BCUT2D eigenvalue weighted by molar-refractivity contribution is 0.103. The molecule has 0 amide bonds. The fourth-order valence-electron chi connectivity index (χ4n) is 3.27. The van der Waals surface area contributed by atoms with Gasteiger partial charge in [-0.3, -0.25) is 9.52 Å². The number of hydrogen-bond donors (Lipinski definition) is 2. The number of nitrogens with zero attached hydrogens (tertiary/aromatic N) is 1. The minimum Gasteiger partial charge on any atom is -0.345 e. The molecule has 2 N–H and O–H groups in total. The molecular formula is C21H12F5N3O3S. The molecule has 2 aromatic heterocycles. The van der Waals surface area contributed by atoms with Crippen molar-refractivity contribution in [2.75, 3.05) is 4.72 Å². The molecule has 2 aromatic carbocycles. The second-order valence-corrected chi connectivity index (χ2v) is 8.60. The lowest BCUT2D eigenvalue weighted by Crippen LogP contribution is -2.18. The number of aromatic nitrogens is 2. The molecule has 6 nitrogen and oxygen atoms in total. The first-order valence-electron chi connectivity index (χ1n) is 9.14. The van der Waals surface area contributed by atoms with Crippen LogP contribution < -0.4 is 4.72 Å². The first kappa shape index (κ1) is 22.4. The maximum absolute atomic E-state index is 15.1. The molecule has 0 spiro atoms. The fraction of sp³-hybridized carbons (Fsp3) is 0.0476. The fourth-order valence-corrected chi connectivity index (χ4v) is 4.42. The van der Waals surface area contributed by atoms with Crippen LogP contribution >= 0.6 is 0 Å². The Labute approximate surface area is 183 Å². The van der Waals surface area contributed by atoms with Crippen molar-refractivity contribution in [3.8, 4) is 0 Å². The van der Waals surface area contributed by atoms with Crippen LogP contribution in [0.25, 0.3) is 11.0 Å². The van der Waals surface area contributed by atoms with Gasteiger partial charge in [0.15, 0.2) is 5.82 Å². The SMILES string of the molecule is Cc1c(F)cnc2[nH]cc(C(=O)c3c(F)ccc(NS(=O)(=O)c4cc(F)ccc4F)c3F)c12. The topological polar surface area (TPSA) is 91.9 Å². The van der Waals surface area contributed by atoms with Crippen molar-refractivity contribution in [2.24, 2.45) is 0 Å². The summed E-state index contributed by atoms with van der Waals surface area (Å²) in [6.07, 6.45) is 1.99. The van der Waals surface area contributed by atoms with Crippen LogP contribution in [-0.4, -0.2) is 24.2 Å². The van der Waals surface area contributed by atoms with E-state index in [0.29, 0.717) is 30.3 Å². The van der Waals surface area contributed by atoms with Gasteiger partial charge in [-0.25, -0.2) is 35.4 Å². The summed E-state index contributed by atoms with van der Waals surface area (Å²) in [5, 5.41) is -0.00776. The van der Waals surface area contributed by atoms with Gasteiger partial charge in [-0.2, -0.15) is 0 Å². The Balaban J connectivity index is 1.81. The normalized spacial score (nSPS) is 11.7. The van der Waals surface area contributed by atoms with Crippen LogP contribution in [0.2, 0.25) is 0 Å². The summed E-state index contributed by atoms with van der Waals surface area (Å²) in [5.41, 5.74) is -2.23. The average molecular weight is 481 g/mol. The van der Waals surface area contributed by atoms with Gasteiger partial charge in [-0.1, -0.05) is 0 Å². The number of nitrogens with one attached hydrogen (secondary N) is 2. The van der Waals surface area contributed by atoms with Crippen LogP contribution in [0, 0.1) is 36.0 Å². The Morgan fingerprint density at radius 2 is 1.70 bits per heavy atom. The zero-order valence-electron chi connectivity index (χ0n) is 16.5. The molecule has 0 saturated carbocycles. The Morgan fingerprint density at radius 1 is 1.00 bits per heavy atom. The molecule has 0 saturated heterocycles. The second-order valence-electron chi connectivity index (χ2n) is 6.95. The van der Waals surface area contributed by atoms with Crippen molar-refractivity contribution in [2.45, 2.75) is 11.8 Å². The van der Waals surface area contributed by atoms with Crippen molar-refractivity contribution in [3.05, 3.63) is 88.5 Å². The monoisotopic (exact) mass is 481 g/mol. The molecule has 0 aliphatic carbocycles. The van der Waals surface area contributed by atoms with Gasteiger partial charge < -0.3 is 4.98 Å². The summed E-state index contributed by atoms with van der Waals surface area (Å²) in [6, 6.07) is 2.92. The molecular weight excluding hydrogens is 469 g/mol. The summed E-state index contributed by atoms with van der Waals surface area (Å²) in [7, 11) is -4.85. The average Bonchev–Trinajstić information content (AvgIpc) is 3.19. The highest BCUT2D eigenvalue weighted by Gasteiger charge is 2.28. The summed E-state index contributed by atoms with van der Waals surface area (Å²) in [5.74, 6) is -7.28. The van der Waals surface area contributed by atoms with Crippen LogP contribution in [-0.2, 0) is 10.0 Å². The van der Waals surface area contributed by atoms with Crippen molar-refractivity contribution < 1.29 is 35.2 Å². The molecule has 0 aliphatic heterocycles. The molecule has 4 aromatic rings. The number of carbonyl (C=O) groups is 1. The summed E-state index contributed by atoms with van der Waals surface area (Å²) in [4.78, 5) is 18.2. The lowest BCUT2D eigenvalue weighted by atomic mass is 9.99.